The number of aromatic carboxylic acids is 1. The maximum absolute atomic E-state index is 11.2. The normalized spacial score (nSPS) is 14.7. The zero-order valence-electron chi connectivity index (χ0n) is 15.5. The Morgan fingerprint density at radius 2 is 2.04 bits per heavy atom. The van der Waals surface area contributed by atoms with Crippen molar-refractivity contribution in [1.29, 1.82) is 0 Å². The lowest BCUT2D eigenvalue weighted by atomic mass is 10.1. The molecule has 0 unspecified atom stereocenters. The average molecular weight is 364 g/mol. The van der Waals surface area contributed by atoms with Gasteiger partial charge in [0, 0.05) is 10.9 Å². The van der Waals surface area contributed by atoms with Crippen molar-refractivity contribution < 1.29 is 14.6 Å². The van der Waals surface area contributed by atoms with Crippen LogP contribution in [0, 0.1) is 12.8 Å². The zero-order chi connectivity index (χ0) is 18.8. The Kier molecular flexibility index (Phi) is 4.84. The van der Waals surface area contributed by atoms with Gasteiger partial charge in [0.15, 0.2) is 0 Å². The predicted molar refractivity (Wildman–Crippen MR) is 104 cm³/mol. The van der Waals surface area contributed by atoms with Gasteiger partial charge in [-0.15, -0.1) is 0 Å². The van der Waals surface area contributed by atoms with Crippen LogP contribution in [0.1, 0.15) is 47.2 Å². The molecule has 1 heterocycles. The molecule has 1 aliphatic carbocycles. The van der Waals surface area contributed by atoms with E-state index < -0.39 is 5.97 Å². The van der Waals surface area contributed by atoms with Crippen LogP contribution in [-0.4, -0.2) is 27.5 Å². The van der Waals surface area contributed by atoms with Gasteiger partial charge >= 0.3 is 5.97 Å². The van der Waals surface area contributed by atoms with Crippen molar-refractivity contribution in [2.45, 2.75) is 39.2 Å². The van der Waals surface area contributed by atoms with Crippen LogP contribution >= 0.6 is 0 Å². The van der Waals surface area contributed by atoms with Gasteiger partial charge in [0.1, 0.15) is 5.75 Å². The molecule has 1 saturated carbocycles. The fourth-order valence-corrected chi connectivity index (χ4v) is 3.86. The number of rotatable bonds is 6. The minimum Gasteiger partial charge on any atom is -0.493 e. The molecule has 0 radical (unpaired) electrons. The Bertz CT molecular complexity index is 971. The molecule has 140 valence electrons. The summed E-state index contributed by atoms with van der Waals surface area (Å²) in [5, 5.41) is 14.5. The molecule has 0 aliphatic heterocycles. The van der Waals surface area contributed by atoms with Gasteiger partial charge in [0.25, 0.3) is 0 Å². The smallest absolute Gasteiger partial charge is 0.335 e. The largest absolute Gasteiger partial charge is 0.493 e. The number of hydrogen-bond acceptors (Lipinski definition) is 3. The van der Waals surface area contributed by atoms with E-state index in [1.54, 1.807) is 18.3 Å². The van der Waals surface area contributed by atoms with Crippen molar-refractivity contribution in [1.82, 2.24) is 9.78 Å². The summed E-state index contributed by atoms with van der Waals surface area (Å²) in [4.78, 5) is 11.2. The molecule has 0 bridgehead atoms. The maximum atomic E-state index is 11.2. The van der Waals surface area contributed by atoms with Crippen molar-refractivity contribution in [2.24, 2.45) is 5.92 Å². The van der Waals surface area contributed by atoms with Gasteiger partial charge in [-0.3, -0.25) is 4.68 Å². The van der Waals surface area contributed by atoms with Crippen LogP contribution in [0.25, 0.3) is 10.9 Å². The summed E-state index contributed by atoms with van der Waals surface area (Å²) >= 11 is 0. The molecule has 3 aromatic rings. The molecule has 0 saturated heterocycles. The first-order valence-corrected chi connectivity index (χ1v) is 9.51. The van der Waals surface area contributed by atoms with Gasteiger partial charge in [-0.05, 0) is 49.9 Å². The van der Waals surface area contributed by atoms with E-state index in [2.05, 4.69) is 24.2 Å². The summed E-state index contributed by atoms with van der Waals surface area (Å²) in [6.07, 6.45) is 6.86. The fourth-order valence-electron chi connectivity index (χ4n) is 3.86. The monoisotopic (exact) mass is 364 g/mol. The summed E-state index contributed by atoms with van der Waals surface area (Å²) in [7, 11) is 0. The van der Waals surface area contributed by atoms with Crippen LogP contribution < -0.4 is 4.74 Å². The van der Waals surface area contributed by atoms with Crippen LogP contribution in [0.2, 0.25) is 0 Å². The molecule has 4 rings (SSSR count). The summed E-state index contributed by atoms with van der Waals surface area (Å²) in [5.74, 6) is 0.656. The van der Waals surface area contributed by atoms with Crippen LogP contribution in [0.5, 0.6) is 5.75 Å². The number of carboxylic acid groups (broad SMARTS) is 1. The lowest BCUT2D eigenvalue weighted by Gasteiger charge is -2.16. The molecule has 27 heavy (non-hydrogen) atoms. The Morgan fingerprint density at radius 1 is 1.22 bits per heavy atom. The first kappa shape index (κ1) is 17.6. The molecule has 0 amide bonds. The summed E-state index contributed by atoms with van der Waals surface area (Å²) in [6, 6.07) is 11.4. The van der Waals surface area contributed by atoms with E-state index >= 15 is 0 Å². The number of aromatic nitrogens is 2. The molecular weight excluding hydrogens is 340 g/mol. The molecule has 1 aromatic heterocycles. The van der Waals surface area contributed by atoms with E-state index in [0.717, 1.165) is 28.8 Å². The van der Waals surface area contributed by atoms with E-state index in [1.165, 1.54) is 31.2 Å². The number of benzene rings is 2. The minimum atomic E-state index is -0.925. The van der Waals surface area contributed by atoms with E-state index in [0.29, 0.717) is 12.5 Å². The van der Waals surface area contributed by atoms with Gasteiger partial charge < -0.3 is 9.84 Å². The highest BCUT2D eigenvalue weighted by atomic mass is 16.5. The number of aryl methyl sites for hydroxylation is 1. The molecule has 5 heteroatoms. The van der Waals surface area contributed by atoms with E-state index in [9.17, 15) is 4.79 Å². The second-order valence-electron chi connectivity index (χ2n) is 7.45. The highest BCUT2D eigenvalue weighted by Gasteiger charge is 2.17. The van der Waals surface area contributed by atoms with E-state index in [-0.39, 0.29) is 5.56 Å². The lowest BCUT2D eigenvalue weighted by Crippen LogP contribution is -2.11. The number of carboxylic acids is 1. The van der Waals surface area contributed by atoms with E-state index in [1.807, 2.05) is 16.8 Å². The Balaban J connectivity index is 1.58. The SMILES string of the molecule is Cc1ccc(OCC2CCCC2)c(Cn2ncc3cc(C(=O)O)ccc32)c1. The first-order chi connectivity index (χ1) is 13.1. The molecule has 1 fully saturated rings. The van der Waals surface area contributed by atoms with Crippen LogP contribution in [0.3, 0.4) is 0 Å². The fraction of sp³-hybridized carbons (Fsp3) is 0.364. The van der Waals surface area contributed by atoms with Gasteiger partial charge in [0.05, 0.1) is 30.4 Å². The number of fused-ring (bicyclic) bond motifs is 1. The van der Waals surface area contributed by atoms with Crippen molar-refractivity contribution in [2.75, 3.05) is 6.61 Å². The Labute approximate surface area is 158 Å². The second-order valence-corrected chi connectivity index (χ2v) is 7.45. The third-order valence-electron chi connectivity index (χ3n) is 5.37. The Hall–Kier alpha value is -2.82. The van der Waals surface area contributed by atoms with Crippen LogP contribution in [0.4, 0.5) is 0 Å². The van der Waals surface area contributed by atoms with E-state index in [4.69, 9.17) is 9.84 Å². The maximum Gasteiger partial charge on any atom is 0.335 e. The van der Waals surface area contributed by atoms with Gasteiger partial charge in [-0.2, -0.15) is 5.10 Å². The van der Waals surface area contributed by atoms with Gasteiger partial charge in [-0.25, -0.2) is 4.79 Å². The number of ether oxygens (including phenoxy) is 1. The summed E-state index contributed by atoms with van der Waals surface area (Å²) < 4.78 is 8.07. The summed E-state index contributed by atoms with van der Waals surface area (Å²) in [6.45, 7) is 3.44. The standard InChI is InChI=1S/C22H24N2O3/c1-15-6-9-21(27-14-16-4-2-3-5-16)19(10-15)13-24-20-8-7-17(22(25)26)11-18(20)12-23-24/h6-12,16H,2-5,13-14H2,1H3,(H,25,26). The van der Waals surface area contributed by atoms with Crippen molar-refractivity contribution in [3.8, 4) is 5.75 Å². The molecule has 1 aliphatic rings. The third-order valence-corrected chi connectivity index (χ3v) is 5.37. The first-order valence-electron chi connectivity index (χ1n) is 9.51. The second kappa shape index (κ2) is 7.43. The van der Waals surface area contributed by atoms with Crippen LogP contribution in [0.15, 0.2) is 42.6 Å². The number of hydrogen-bond donors (Lipinski definition) is 1. The molecule has 0 spiro atoms. The third kappa shape index (κ3) is 3.82. The van der Waals surface area contributed by atoms with Crippen molar-refractivity contribution in [3.05, 3.63) is 59.3 Å². The number of nitrogens with zero attached hydrogens (tertiary/aromatic N) is 2. The summed E-state index contributed by atoms with van der Waals surface area (Å²) in [5.41, 5.74) is 3.48. The molecule has 1 N–H and O–H groups in total. The Morgan fingerprint density at radius 3 is 2.81 bits per heavy atom. The number of carbonyl (C=O) groups is 1. The quantitative estimate of drug-likeness (QED) is 0.691. The lowest BCUT2D eigenvalue weighted by molar-refractivity contribution is 0.0697. The van der Waals surface area contributed by atoms with Crippen LogP contribution in [-0.2, 0) is 6.54 Å². The predicted octanol–water partition coefficient (Wildman–Crippen LogP) is 4.66. The van der Waals surface area contributed by atoms with Gasteiger partial charge in [-0.1, -0.05) is 30.5 Å². The zero-order valence-corrected chi connectivity index (χ0v) is 15.5. The molecule has 5 nitrogen and oxygen atoms in total. The minimum absolute atomic E-state index is 0.276. The topological polar surface area (TPSA) is 64.4 Å². The molecular formula is C22H24N2O3. The highest BCUT2D eigenvalue weighted by molar-refractivity contribution is 5.93. The van der Waals surface area contributed by atoms with Gasteiger partial charge in [0.2, 0.25) is 0 Å². The average Bonchev–Trinajstić information content (AvgIpc) is 3.31. The van der Waals surface area contributed by atoms with Crippen molar-refractivity contribution in [3.63, 3.8) is 0 Å². The highest BCUT2D eigenvalue weighted by Crippen LogP contribution is 2.28. The van der Waals surface area contributed by atoms with Crippen molar-refractivity contribution >= 4 is 16.9 Å². The molecule has 2 aromatic carbocycles. The molecule has 0 atom stereocenters.